The minimum atomic E-state index is -0.209. The first-order valence-corrected chi connectivity index (χ1v) is 8.82. The molecule has 0 spiro atoms. The van der Waals surface area contributed by atoms with Gasteiger partial charge in [-0.3, -0.25) is 9.99 Å². The zero-order valence-electron chi connectivity index (χ0n) is 15.3. The molecule has 2 N–H and O–H groups in total. The lowest BCUT2D eigenvalue weighted by Crippen LogP contribution is -2.17. The lowest BCUT2D eigenvalue weighted by molar-refractivity contribution is 0.271. The number of hydrazone groups is 1. The average molecular weight is 361 g/mol. The number of aliphatic hydroxyl groups is 1. The second-order valence-corrected chi connectivity index (χ2v) is 6.33. The van der Waals surface area contributed by atoms with Crippen LogP contribution in [-0.4, -0.2) is 26.4 Å². The highest BCUT2D eigenvalue weighted by Crippen LogP contribution is 2.22. The van der Waals surface area contributed by atoms with Gasteiger partial charge in [-0.05, 0) is 18.1 Å². The van der Waals surface area contributed by atoms with Gasteiger partial charge in [0.15, 0.2) is 0 Å². The third-order valence-electron chi connectivity index (χ3n) is 4.29. The molecular formula is C22H23N3O2. The monoisotopic (exact) mass is 361 g/mol. The molecule has 5 nitrogen and oxygen atoms in total. The summed E-state index contributed by atoms with van der Waals surface area (Å²) >= 11 is 0. The molecule has 1 heterocycles. The van der Waals surface area contributed by atoms with Crippen molar-refractivity contribution >= 4 is 6.21 Å². The number of pyridine rings is 1. The highest BCUT2D eigenvalue weighted by atomic mass is 16.3. The minimum Gasteiger partial charge on any atom is -0.505 e. The molecule has 0 saturated carbocycles. The van der Waals surface area contributed by atoms with E-state index < -0.39 is 0 Å². The fourth-order valence-electron chi connectivity index (χ4n) is 2.79. The average Bonchev–Trinajstić information content (AvgIpc) is 2.70. The summed E-state index contributed by atoms with van der Waals surface area (Å²) in [5.41, 5.74) is 3.83. The van der Waals surface area contributed by atoms with Crippen LogP contribution in [0.4, 0.5) is 0 Å². The van der Waals surface area contributed by atoms with E-state index in [-0.39, 0.29) is 12.4 Å². The molecule has 0 aliphatic rings. The van der Waals surface area contributed by atoms with Crippen LogP contribution < -0.4 is 0 Å². The maximum absolute atomic E-state index is 10.3. The number of nitrogens with zero attached hydrogens (tertiary/aromatic N) is 3. The molecule has 138 valence electrons. The first-order valence-electron chi connectivity index (χ1n) is 8.82. The Labute approximate surface area is 159 Å². The van der Waals surface area contributed by atoms with Crippen LogP contribution in [0.3, 0.4) is 0 Å². The van der Waals surface area contributed by atoms with Crippen molar-refractivity contribution in [3.63, 3.8) is 0 Å². The summed E-state index contributed by atoms with van der Waals surface area (Å²) in [5.74, 6) is 0.0460. The lowest BCUT2D eigenvalue weighted by atomic mass is 10.1. The lowest BCUT2D eigenvalue weighted by Gasteiger charge is -2.20. The van der Waals surface area contributed by atoms with Crippen LogP contribution in [0.25, 0.3) is 0 Å². The molecule has 2 aromatic carbocycles. The van der Waals surface area contributed by atoms with E-state index >= 15 is 0 Å². The molecule has 0 amide bonds. The molecule has 27 heavy (non-hydrogen) atoms. The number of aromatic nitrogens is 1. The minimum absolute atomic E-state index is 0.0460. The second kappa shape index (κ2) is 8.96. The normalized spacial score (nSPS) is 11.0. The van der Waals surface area contributed by atoms with Gasteiger partial charge in [0.1, 0.15) is 5.75 Å². The highest BCUT2D eigenvalue weighted by Gasteiger charge is 2.11. The molecule has 0 aliphatic carbocycles. The van der Waals surface area contributed by atoms with Crippen molar-refractivity contribution in [3.8, 4) is 5.75 Å². The molecule has 0 atom stereocenters. The van der Waals surface area contributed by atoms with E-state index in [4.69, 9.17) is 0 Å². The largest absolute Gasteiger partial charge is 0.505 e. The quantitative estimate of drug-likeness (QED) is 0.498. The summed E-state index contributed by atoms with van der Waals surface area (Å²) in [6.07, 6.45) is 3.16. The van der Waals surface area contributed by atoms with E-state index in [0.29, 0.717) is 29.9 Å². The summed E-state index contributed by atoms with van der Waals surface area (Å²) in [5, 5.41) is 26.4. The Morgan fingerprint density at radius 3 is 2.04 bits per heavy atom. The Morgan fingerprint density at radius 1 is 0.963 bits per heavy atom. The third-order valence-corrected chi connectivity index (χ3v) is 4.29. The predicted octanol–water partition coefficient (Wildman–Crippen LogP) is 3.62. The molecule has 0 bridgehead atoms. The summed E-state index contributed by atoms with van der Waals surface area (Å²) in [6.45, 7) is 2.77. The van der Waals surface area contributed by atoms with Crippen LogP contribution >= 0.6 is 0 Å². The van der Waals surface area contributed by atoms with Crippen molar-refractivity contribution in [1.82, 2.24) is 9.99 Å². The van der Waals surface area contributed by atoms with Crippen molar-refractivity contribution in [3.05, 3.63) is 94.8 Å². The first kappa shape index (κ1) is 18.6. The number of aryl methyl sites for hydroxylation is 1. The third kappa shape index (κ3) is 4.92. The maximum atomic E-state index is 10.3. The van der Waals surface area contributed by atoms with Crippen LogP contribution in [0.5, 0.6) is 5.75 Å². The first-order chi connectivity index (χ1) is 13.2. The summed E-state index contributed by atoms with van der Waals surface area (Å²) < 4.78 is 0. The number of hydrogen-bond donors (Lipinski definition) is 2. The molecule has 0 aliphatic heterocycles. The molecular weight excluding hydrogens is 338 g/mol. The van der Waals surface area contributed by atoms with Gasteiger partial charge in [0.05, 0.1) is 31.6 Å². The predicted molar refractivity (Wildman–Crippen MR) is 106 cm³/mol. The SMILES string of the molecule is Cc1ncc(CO)c(/C=N/N(Cc2ccccc2)Cc2ccccc2)c1O. The van der Waals surface area contributed by atoms with Gasteiger partial charge < -0.3 is 10.2 Å². The van der Waals surface area contributed by atoms with Crippen LogP contribution in [0.2, 0.25) is 0 Å². The zero-order valence-corrected chi connectivity index (χ0v) is 15.3. The molecule has 0 radical (unpaired) electrons. The molecule has 3 aromatic rings. The van der Waals surface area contributed by atoms with Gasteiger partial charge in [-0.1, -0.05) is 60.7 Å². The summed E-state index contributed by atoms with van der Waals surface area (Å²) in [7, 11) is 0. The molecule has 5 heteroatoms. The topological polar surface area (TPSA) is 69.0 Å². The second-order valence-electron chi connectivity index (χ2n) is 6.33. The highest BCUT2D eigenvalue weighted by molar-refractivity contribution is 5.85. The van der Waals surface area contributed by atoms with E-state index in [2.05, 4.69) is 34.4 Å². The van der Waals surface area contributed by atoms with Gasteiger partial charge in [0.25, 0.3) is 0 Å². The fourth-order valence-corrected chi connectivity index (χ4v) is 2.79. The molecule has 3 rings (SSSR count). The van der Waals surface area contributed by atoms with Gasteiger partial charge in [-0.2, -0.15) is 5.10 Å². The van der Waals surface area contributed by atoms with E-state index in [1.165, 1.54) is 0 Å². The van der Waals surface area contributed by atoms with Crippen molar-refractivity contribution < 1.29 is 10.2 Å². The Kier molecular flexibility index (Phi) is 6.18. The fraction of sp³-hybridized carbons (Fsp3) is 0.182. The Hall–Kier alpha value is -3.18. The number of hydrogen-bond acceptors (Lipinski definition) is 5. The van der Waals surface area contributed by atoms with Gasteiger partial charge in [-0.15, -0.1) is 0 Å². The van der Waals surface area contributed by atoms with Crippen LogP contribution in [0.1, 0.15) is 27.9 Å². The van der Waals surface area contributed by atoms with E-state index in [9.17, 15) is 10.2 Å². The van der Waals surface area contributed by atoms with Crippen molar-refractivity contribution in [1.29, 1.82) is 0 Å². The smallest absolute Gasteiger partial charge is 0.145 e. The number of benzene rings is 2. The molecule has 0 fully saturated rings. The summed E-state index contributed by atoms with van der Waals surface area (Å²) in [4.78, 5) is 4.09. The van der Waals surface area contributed by atoms with Crippen LogP contribution in [0.15, 0.2) is 72.0 Å². The summed E-state index contributed by atoms with van der Waals surface area (Å²) in [6, 6.07) is 20.2. The molecule has 0 saturated heterocycles. The van der Waals surface area contributed by atoms with E-state index in [1.807, 2.05) is 41.4 Å². The van der Waals surface area contributed by atoms with Crippen LogP contribution in [-0.2, 0) is 19.7 Å². The van der Waals surface area contributed by atoms with E-state index in [1.54, 1.807) is 19.3 Å². The Balaban J connectivity index is 1.89. The molecule has 0 unspecified atom stereocenters. The molecule has 1 aromatic heterocycles. The number of aromatic hydroxyl groups is 1. The maximum Gasteiger partial charge on any atom is 0.145 e. The number of rotatable bonds is 7. The van der Waals surface area contributed by atoms with E-state index in [0.717, 1.165) is 11.1 Å². The standard InChI is InChI=1S/C22H23N3O2/c1-17-22(27)21(20(16-26)12-23-17)13-24-25(14-18-8-4-2-5-9-18)15-19-10-6-3-7-11-19/h2-13,26-27H,14-16H2,1H3/b24-13+. The zero-order chi connectivity index (χ0) is 19.1. The van der Waals surface area contributed by atoms with Crippen molar-refractivity contribution in [2.45, 2.75) is 26.6 Å². The Morgan fingerprint density at radius 2 is 1.52 bits per heavy atom. The van der Waals surface area contributed by atoms with Gasteiger partial charge in [0, 0.05) is 17.3 Å². The van der Waals surface area contributed by atoms with Crippen molar-refractivity contribution in [2.75, 3.05) is 0 Å². The van der Waals surface area contributed by atoms with Gasteiger partial charge in [0.2, 0.25) is 0 Å². The Bertz CT molecular complexity index is 855. The number of aliphatic hydroxyl groups excluding tert-OH is 1. The van der Waals surface area contributed by atoms with Gasteiger partial charge in [-0.25, -0.2) is 0 Å². The van der Waals surface area contributed by atoms with Gasteiger partial charge >= 0.3 is 0 Å². The van der Waals surface area contributed by atoms with Crippen LogP contribution in [0, 0.1) is 6.92 Å². The van der Waals surface area contributed by atoms with Crippen molar-refractivity contribution in [2.24, 2.45) is 5.10 Å².